The minimum absolute atomic E-state index is 0. The third-order valence-electron chi connectivity index (χ3n) is 5.00. The summed E-state index contributed by atoms with van der Waals surface area (Å²) in [4.78, 5) is 3.77. The molecule has 4 rings (SSSR count). The van der Waals surface area contributed by atoms with E-state index in [0.717, 1.165) is 13.0 Å². The van der Waals surface area contributed by atoms with Gasteiger partial charge in [-0.15, -0.1) is 0 Å². The van der Waals surface area contributed by atoms with Crippen LogP contribution in [0.3, 0.4) is 0 Å². The molecule has 1 aliphatic rings. The Bertz CT molecular complexity index is 818. The van der Waals surface area contributed by atoms with Crippen molar-refractivity contribution < 1.29 is 28.9 Å². The van der Waals surface area contributed by atoms with Gasteiger partial charge >= 0.3 is 0 Å². The van der Waals surface area contributed by atoms with Crippen LogP contribution in [0.1, 0.15) is 0 Å². The molecule has 0 amide bonds. The molecule has 0 fully saturated rings. The smallest absolute Gasteiger partial charge is 0.211 e. The Balaban J connectivity index is 0.00000196. The van der Waals surface area contributed by atoms with Crippen molar-refractivity contribution in [1.29, 1.82) is 0 Å². The van der Waals surface area contributed by atoms with Crippen LogP contribution in [-0.4, -0.2) is 20.0 Å². The van der Waals surface area contributed by atoms with Gasteiger partial charge in [0.25, 0.3) is 0 Å². The van der Waals surface area contributed by atoms with E-state index >= 15 is 0 Å². The normalized spacial score (nSPS) is 16.1. The number of nitrogens with one attached hydrogen (secondary N) is 1. The molecular weight excluding hydrogens is 452 g/mol. The summed E-state index contributed by atoms with van der Waals surface area (Å²) in [5, 5.41) is 2.53. The summed E-state index contributed by atoms with van der Waals surface area (Å²) in [5.74, 6) is 0. The topological polar surface area (TPSA) is 33.7 Å². The Morgan fingerprint density at radius 3 is 1.92 bits per heavy atom. The second-order valence-corrected chi connectivity index (χ2v) is 9.76. The van der Waals surface area contributed by atoms with Gasteiger partial charge in [0.1, 0.15) is 16.3 Å². The highest BCUT2D eigenvalue weighted by atomic mass is 127. The van der Waals surface area contributed by atoms with Crippen LogP contribution in [0.4, 0.5) is 11.4 Å². The third kappa shape index (κ3) is 3.52. The van der Waals surface area contributed by atoms with Crippen LogP contribution < -0.4 is 49.9 Å². The first-order chi connectivity index (χ1) is 12.2. The van der Waals surface area contributed by atoms with Gasteiger partial charge in [-0.25, -0.2) is 0 Å². The summed E-state index contributed by atoms with van der Waals surface area (Å²) in [6.07, 6.45) is 0.919. The average Bonchev–Trinajstić information content (AvgIpc) is 2.99. The van der Waals surface area contributed by atoms with Crippen LogP contribution >= 0.6 is 7.41 Å². The van der Waals surface area contributed by atoms with Crippen molar-refractivity contribution in [2.75, 3.05) is 24.9 Å². The van der Waals surface area contributed by atoms with Crippen LogP contribution in [0.25, 0.3) is 0 Å². The predicted octanol–water partition coefficient (Wildman–Crippen LogP) is -0.886. The largest absolute Gasteiger partial charge is 1.00 e. The molecule has 1 atom stereocenters. The molecule has 0 spiro atoms. The number of nitrogens with zero attached hydrogens (tertiary/aromatic N) is 1. The number of benzene rings is 3. The van der Waals surface area contributed by atoms with E-state index in [1.165, 1.54) is 26.9 Å². The van der Waals surface area contributed by atoms with Crippen LogP contribution in [-0.2, 0) is 0 Å². The molecule has 3 aromatic carbocycles. The number of hydrogen-bond acceptors (Lipinski definition) is 2. The highest BCUT2D eigenvalue weighted by Gasteiger charge is 2.46. The van der Waals surface area contributed by atoms with E-state index < -0.39 is 7.41 Å². The molecule has 0 bridgehead atoms. The maximum Gasteiger partial charge on any atom is 0.211 e. The number of rotatable bonds is 4. The van der Waals surface area contributed by atoms with E-state index in [4.69, 9.17) is 5.50 Å². The van der Waals surface area contributed by atoms with E-state index in [-0.39, 0.29) is 24.0 Å². The highest BCUT2D eigenvalue weighted by Crippen LogP contribution is 2.46. The monoisotopic (exact) mass is 476 g/mol. The van der Waals surface area contributed by atoms with E-state index in [1.54, 1.807) is 0 Å². The SMILES string of the molecule is CN1C[NH+](C[P+](N)(c2ccccc2)c2ccccc2)c2ccccc21.[I-]. The van der Waals surface area contributed by atoms with E-state index in [9.17, 15) is 0 Å². The lowest BCUT2D eigenvalue weighted by Gasteiger charge is -2.24. The van der Waals surface area contributed by atoms with Gasteiger partial charge in [-0.3, -0.25) is 4.90 Å². The molecule has 1 unspecified atom stereocenters. The Hall–Kier alpha value is -1.46. The molecule has 26 heavy (non-hydrogen) atoms. The zero-order valence-corrected chi connectivity index (χ0v) is 17.9. The van der Waals surface area contributed by atoms with Gasteiger partial charge in [-0.1, -0.05) is 48.5 Å². The summed E-state index contributed by atoms with van der Waals surface area (Å²) < 4.78 is 0. The van der Waals surface area contributed by atoms with Crippen LogP contribution in [0.15, 0.2) is 84.9 Å². The van der Waals surface area contributed by atoms with Gasteiger partial charge in [0, 0.05) is 13.1 Å². The molecule has 1 heterocycles. The van der Waals surface area contributed by atoms with Crippen molar-refractivity contribution in [3.8, 4) is 0 Å². The molecule has 134 valence electrons. The van der Waals surface area contributed by atoms with Gasteiger partial charge in [-0.05, 0) is 30.3 Å². The molecule has 3 nitrogen and oxygen atoms in total. The zero-order chi connectivity index (χ0) is 17.3. The minimum Gasteiger partial charge on any atom is -1.00 e. The van der Waals surface area contributed by atoms with Crippen LogP contribution in [0, 0.1) is 0 Å². The first-order valence-electron chi connectivity index (χ1n) is 8.61. The maximum absolute atomic E-state index is 7.19. The number of anilines is 1. The Morgan fingerprint density at radius 2 is 1.35 bits per heavy atom. The molecule has 3 aromatic rings. The third-order valence-corrected chi connectivity index (χ3v) is 8.32. The van der Waals surface area contributed by atoms with E-state index in [0.29, 0.717) is 0 Å². The lowest BCUT2D eigenvalue weighted by molar-refractivity contribution is -0.812. The highest BCUT2D eigenvalue weighted by molar-refractivity contribution is 7.87. The standard InChI is InChI=1S/C21H23N3P.HI/c1-23-16-24(21-15-9-8-14-20(21)23)17-25(22,18-10-4-2-5-11-18)19-12-6-3-7-13-19;/h2-15H,16-17,22H2,1H3;1H/q+1;. The second kappa shape index (κ2) is 8.05. The Morgan fingerprint density at radius 1 is 0.846 bits per heavy atom. The van der Waals surface area contributed by atoms with E-state index in [1.807, 2.05) is 0 Å². The quantitative estimate of drug-likeness (QED) is 0.379. The predicted molar refractivity (Wildman–Crippen MR) is 108 cm³/mol. The fraction of sp³-hybridized carbons (Fsp3) is 0.143. The molecular formula is C21H24IN3P+. The number of fused-ring (bicyclic) bond motifs is 1. The summed E-state index contributed by atoms with van der Waals surface area (Å²) >= 11 is 0. The van der Waals surface area contributed by atoms with Crippen molar-refractivity contribution in [3.05, 3.63) is 84.9 Å². The van der Waals surface area contributed by atoms with Gasteiger partial charge in [-0.2, -0.15) is 5.50 Å². The number of para-hydroxylation sites is 2. The second-order valence-electron chi connectivity index (χ2n) is 6.67. The average molecular weight is 476 g/mol. The molecule has 5 heteroatoms. The Labute approximate surface area is 173 Å². The number of nitrogens with two attached hydrogens (primary N) is 1. The molecule has 0 aliphatic carbocycles. The van der Waals surface area contributed by atoms with Gasteiger partial charge in [0.05, 0.1) is 0 Å². The lowest BCUT2D eigenvalue weighted by atomic mass is 10.3. The van der Waals surface area contributed by atoms with Gasteiger partial charge in [0.2, 0.25) is 6.29 Å². The van der Waals surface area contributed by atoms with Gasteiger partial charge < -0.3 is 28.9 Å². The fourth-order valence-electron chi connectivity index (χ4n) is 3.72. The molecule has 0 saturated carbocycles. The number of hydrogen-bond donors (Lipinski definition) is 2. The first-order valence-corrected chi connectivity index (χ1v) is 10.7. The fourth-order valence-corrected chi connectivity index (χ4v) is 6.66. The molecule has 3 N–H and O–H groups in total. The van der Waals surface area contributed by atoms with Crippen molar-refractivity contribution in [1.82, 2.24) is 0 Å². The zero-order valence-electron chi connectivity index (χ0n) is 14.8. The molecule has 0 radical (unpaired) electrons. The first kappa shape index (κ1) is 19.3. The number of halogens is 1. The lowest BCUT2D eigenvalue weighted by Crippen LogP contribution is -3.07. The summed E-state index contributed by atoms with van der Waals surface area (Å²) in [6, 6.07) is 29.9. The van der Waals surface area contributed by atoms with Crippen molar-refractivity contribution in [2.24, 2.45) is 5.50 Å². The van der Waals surface area contributed by atoms with Crippen molar-refractivity contribution >= 4 is 29.4 Å². The summed E-state index contributed by atoms with van der Waals surface area (Å²) in [7, 11) is 0.191. The van der Waals surface area contributed by atoms with Gasteiger partial charge in [0.15, 0.2) is 19.8 Å². The van der Waals surface area contributed by atoms with Crippen molar-refractivity contribution in [3.63, 3.8) is 0 Å². The van der Waals surface area contributed by atoms with Crippen LogP contribution in [0.2, 0.25) is 0 Å². The molecule has 0 saturated heterocycles. The number of quaternary nitrogens is 1. The Kier molecular flexibility index (Phi) is 5.98. The van der Waals surface area contributed by atoms with Crippen LogP contribution in [0.5, 0.6) is 0 Å². The summed E-state index contributed by atoms with van der Waals surface area (Å²) in [5.41, 5.74) is 9.86. The summed E-state index contributed by atoms with van der Waals surface area (Å²) in [6.45, 7) is 0.956. The maximum atomic E-state index is 7.19. The van der Waals surface area contributed by atoms with Crippen molar-refractivity contribution in [2.45, 2.75) is 0 Å². The molecule has 1 aliphatic heterocycles. The van der Waals surface area contributed by atoms with E-state index in [2.05, 4.69) is 96.9 Å². The minimum atomic E-state index is -1.97. The molecule has 0 aromatic heterocycles.